The van der Waals surface area contributed by atoms with Crippen molar-refractivity contribution in [2.75, 3.05) is 49.5 Å². The number of hydrogen-bond acceptors (Lipinski definition) is 5. The van der Waals surface area contributed by atoms with Crippen LogP contribution in [0.2, 0.25) is 0 Å². The number of fused-ring (bicyclic) bond motifs is 1. The molecular formula is C22H26FN3O3. The molecule has 0 aliphatic carbocycles. The van der Waals surface area contributed by atoms with E-state index < -0.39 is 6.10 Å². The predicted octanol–water partition coefficient (Wildman–Crippen LogP) is 2.27. The maximum Gasteiger partial charge on any atom is 0.224 e. The summed E-state index contributed by atoms with van der Waals surface area (Å²) in [5.41, 5.74) is 2.80. The Morgan fingerprint density at radius 2 is 1.93 bits per heavy atom. The molecular weight excluding hydrogens is 373 g/mol. The molecule has 0 spiro atoms. The molecule has 6 nitrogen and oxygen atoms in total. The number of carbonyl (C=O) groups is 1. The lowest BCUT2D eigenvalue weighted by Gasteiger charge is -2.36. The third-order valence-electron chi connectivity index (χ3n) is 5.43. The fourth-order valence-corrected chi connectivity index (χ4v) is 3.85. The summed E-state index contributed by atoms with van der Waals surface area (Å²) >= 11 is 0. The predicted molar refractivity (Wildman–Crippen MR) is 110 cm³/mol. The molecule has 7 heteroatoms. The van der Waals surface area contributed by atoms with Gasteiger partial charge in [0.15, 0.2) is 0 Å². The minimum Gasteiger partial charge on any atom is -0.491 e. The van der Waals surface area contributed by atoms with Crippen molar-refractivity contribution < 1.29 is 19.0 Å². The molecule has 1 amide bonds. The highest BCUT2D eigenvalue weighted by Crippen LogP contribution is 2.27. The number of β-amino-alcohol motifs (C(OH)–C–C–N with tert-alkyl or cyclic N) is 1. The Morgan fingerprint density at radius 1 is 1.10 bits per heavy atom. The van der Waals surface area contributed by atoms with Crippen LogP contribution in [0.5, 0.6) is 5.75 Å². The highest BCUT2D eigenvalue weighted by atomic mass is 19.1. The van der Waals surface area contributed by atoms with E-state index in [9.17, 15) is 14.3 Å². The summed E-state index contributed by atoms with van der Waals surface area (Å²) in [5.74, 6) is 0.524. The van der Waals surface area contributed by atoms with Crippen molar-refractivity contribution in [3.63, 3.8) is 0 Å². The highest BCUT2D eigenvalue weighted by Gasteiger charge is 2.20. The van der Waals surface area contributed by atoms with Gasteiger partial charge in [-0.25, -0.2) is 4.39 Å². The van der Waals surface area contributed by atoms with Crippen molar-refractivity contribution in [1.29, 1.82) is 0 Å². The van der Waals surface area contributed by atoms with Crippen LogP contribution in [-0.2, 0) is 11.2 Å². The van der Waals surface area contributed by atoms with E-state index in [2.05, 4.69) is 15.1 Å². The van der Waals surface area contributed by atoms with E-state index in [1.54, 1.807) is 12.1 Å². The molecule has 1 fully saturated rings. The summed E-state index contributed by atoms with van der Waals surface area (Å²) in [6.45, 7) is 3.98. The van der Waals surface area contributed by atoms with Gasteiger partial charge in [0.2, 0.25) is 5.91 Å². The number of hydrogen-bond donors (Lipinski definition) is 2. The molecule has 0 aromatic heterocycles. The second kappa shape index (κ2) is 8.80. The molecule has 0 bridgehead atoms. The second-order valence-corrected chi connectivity index (χ2v) is 7.60. The lowest BCUT2D eigenvalue weighted by atomic mass is 10.0. The van der Waals surface area contributed by atoms with E-state index in [1.807, 2.05) is 24.3 Å². The zero-order chi connectivity index (χ0) is 20.2. The fraction of sp³-hybridized carbons (Fsp3) is 0.409. The topological polar surface area (TPSA) is 65.0 Å². The van der Waals surface area contributed by atoms with Crippen LogP contribution in [0.25, 0.3) is 0 Å². The number of piperazine rings is 1. The summed E-state index contributed by atoms with van der Waals surface area (Å²) in [5, 5.41) is 13.2. The molecule has 0 saturated carbocycles. The zero-order valence-electron chi connectivity index (χ0n) is 16.3. The molecule has 4 rings (SSSR count). The van der Waals surface area contributed by atoms with Crippen molar-refractivity contribution in [3.8, 4) is 5.75 Å². The number of nitrogens with zero attached hydrogens (tertiary/aromatic N) is 2. The van der Waals surface area contributed by atoms with Gasteiger partial charge in [-0.05, 0) is 48.4 Å². The van der Waals surface area contributed by atoms with Crippen LogP contribution in [0.15, 0.2) is 42.5 Å². The minimum absolute atomic E-state index is 0.0408. The average Bonchev–Trinajstić information content (AvgIpc) is 2.73. The molecule has 2 aliphatic heterocycles. The summed E-state index contributed by atoms with van der Waals surface area (Å²) < 4.78 is 19.2. The van der Waals surface area contributed by atoms with Crippen molar-refractivity contribution >= 4 is 17.3 Å². The van der Waals surface area contributed by atoms with Gasteiger partial charge in [0.25, 0.3) is 0 Å². The largest absolute Gasteiger partial charge is 0.491 e. The maximum atomic E-state index is 13.4. The zero-order valence-corrected chi connectivity index (χ0v) is 16.3. The number of benzene rings is 2. The van der Waals surface area contributed by atoms with Crippen LogP contribution in [0.4, 0.5) is 15.8 Å². The number of anilines is 2. The monoisotopic (exact) mass is 399 g/mol. The number of amides is 1. The second-order valence-electron chi connectivity index (χ2n) is 7.60. The van der Waals surface area contributed by atoms with Gasteiger partial charge in [-0.2, -0.15) is 0 Å². The molecule has 2 heterocycles. The summed E-state index contributed by atoms with van der Waals surface area (Å²) in [6, 6.07) is 12.3. The van der Waals surface area contributed by atoms with Crippen molar-refractivity contribution in [3.05, 3.63) is 53.8 Å². The molecule has 1 saturated heterocycles. The number of aryl methyl sites for hydroxylation is 1. The third-order valence-corrected chi connectivity index (χ3v) is 5.43. The Morgan fingerprint density at radius 3 is 2.72 bits per heavy atom. The van der Waals surface area contributed by atoms with E-state index in [4.69, 9.17) is 4.74 Å². The van der Waals surface area contributed by atoms with Gasteiger partial charge in [0, 0.05) is 50.5 Å². The van der Waals surface area contributed by atoms with Crippen molar-refractivity contribution in [2.45, 2.75) is 18.9 Å². The van der Waals surface area contributed by atoms with Crippen LogP contribution in [0.1, 0.15) is 12.0 Å². The first-order chi connectivity index (χ1) is 14.1. The molecule has 2 aromatic carbocycles. The van der Waals surface area contributed by atoms with Crippen molar-refractivity contribution in [1.82, 2.24) is 4.90 Å². The Hall–Kier alpha value is -2.64. The van der Waals surface area contributed by atoms with Crippen LogP contribution in [-0.4, -0.2) is 61.3 Å². The lowest BCUT2D eigenvalue weighted by molar-refractivity contribution is -0.116. The first kappa shape index (κ1) is 19.7. The quantitative estimate of drug-likeness (QED) is 0.780. The van der Waals surface area contributed by atoms with Gasteiger partial charge in [-0.1, -0.05) is 6.07 Å². The number of nitrogens with one attached hydrogen (secondary N) is 1. The van der Waals surface area contributed by atoms with E-state index in [0.717, 1.165) is 43.1 Å². The Labute approximate surface area is 169 Å². The highest BCUT2D eigenvalue weighted by molar-refractivity contribution is 5.93. The number of aliphatic hydroxyl groups is 1. The number of ether oxygens (including phenoxy) is 1. The normalized spacial score (nSPS) is 18.1. The van der Waals surface area contributed by atoms with Gasteiger partial charge in [-0.15, -0.1) is 0 Å². The Kier molecular flexibility index (Phi) is 5.97. The first-order valence-electron chi connectivity index (χ1n) is 10.0. The van der Waals surface area contributed by atoms with Crippen LogP contribution >= 0.6 is 0 Å². The molecule has 2 aromatic rings. The first-order valence-corrected chi connectivity index (χ1v) is 10.0. The van der Waals surface area contributed by atoms with Crippen LogP contribution in [0.3, 0.4) is 0 Å². The molecule has 1 atom stereocenters. The minimum atomic E-state index is -0.591. The maximum absolute atomic E-state index is 13.4. The van der Waals surface area contributed by atoms with Gasteiger partial charge < -0.3 is 20.1 Å². The number of halogens is 1. The van der Waals surface area contributed by atoms with E-state index in [0.29, 0.717) is 25.1 Å². The fourth-order valence-electron chi connectivity index (χ4n) is 3.85. The molecule has 2 aliphatic rings. The van der Waals surface area contributed by atoms with Gasteiger partial charge in [0.1, 0.15) is 24.3 Å². The molecule has 29 heavy (non-hydrogen) atoms. The summed E-state index contributed by atoms with van der Waals surface area (Å²) in [4.78, 5) is 15.8. The van der Waals surface area contributed by atoms with E-state index >= 15 is 0 Å². The lowest BCUT2D eigenvalue weighted by Crippen LogP contribution is -2.49. The molecule has 2 N–H and O–H groups in total. The van der Waals surface area contributed by atoms with Gasteiger partial charge in [-0.3, -0.25) is 9.69 Å². The Bertz CT molecular complexity index is 868. The smallest absolute Gasteiger partial charge is 0.224 e. The van der Waals surface area contributed by atoms with Crippen LogP contribution in [0, 0.1) is 5.82 Å². The molecule has 154 valence electrons. The molecule has 0 unspecified atom stereocenters. The summed E-state index contributed by atoms with van der Waals surface area (Å²) in [6.07, 6.45) is 0.600. The van der Waals surface area contributed by atoms with Crippen LogP contribution < -0.4 is 15.0 Å². The Balaban J connectivity index is 1.22. The number of aliphatic hydroxyl groups excluding tert-OH is 1. The number of carbonyl (C=O) groups excluding carboxylic acids is 1. The SMILES string of the molecule is O=C1CCc2cc(OC[C@@H](O)CN3CCN(c4cccc(F)c4)CC3)ccc2N1. The van der Waals surface area contributed by atoms with E-state index in [1.165, 1.54) is 6.07 Å². The molecule has 0 radical (unpaired) electrons. The van der Waals surface area contributed by atoms with Gasteiger partial charge >= 0.3 is 0 Å². The average molecular weight is 399 g/mol. The summed E-state index contributed by atoms with van der Waals surface area (Å²) in [7, 11) is 0. The van der Waals surface area contributed by atoms with Gasteiger partial charge in [0.05, 0.1) is 0 Å². The standard InChI is InChI=1S/C22H26FN3O3/c23-17-2-1-3-18(13-17)26-10-8-25(9-11-26)14-19(27)15-29-20-5-6-21-16(12-20)4-7-22(28)24-21/h1-3,5-6,12-13,19,27H,4,7-11,14-15H2,(H,24,28)/t19-/m0/s1. The van der Waals surface area contributed by atoms with E-state index in [-0.39, 0.29) is 18.3 Å². The number of rotatable bonds is 6. The third kappa shape index (κ3) is 5.05. The van der Waals surface area contributed by atoms with Crippen molar-refractivity contribution in [2.24, 2.45) is 0 Å².